The Hall–Kier alpha value is -1.24. The maximum absolute atomic E-state index is 12.1. The van der Waals surface area contributed by atoms with Crippen molar-refractivity contribution < 1.29 is 45.0 Å². The third-order valence-electron chi connectivity index (χ3n) is 5.29. The molecule has 0 bridgehead atoms. The molecule has 0 fully saturated rings. The maximum Gasteiger partial charge on any atom is 0.307 e. The summed E-state index contributed by atoms with van der Waals surface area (Å²) in [5.74, 6) is -3.29. The molecule has 4 unspecified atom stereocenters. The Kier molecular flexibility index (Phi) is 14.2. The molecule has 2 N–H and O–H groups in total. The van der Waals surface area contributed by atoms with Crippen molar-refractivity contribution in [2.75, 3.05) is 0 Å². The summed E-state index contributed by atoms with van der Waals surface area (Å²) in [7, 11) is -9.35. The average Bonchev–Trinajstić information content (AvgIpc) is 2.69. The van der Waals surface area contributed by atoms with E-state index in [0.717, 1.165) is 12.8 Å². The van der Waals surface area contributed by atoms with Gasteiger partial charge in [0.1, 0.15) is 0 Å². The molecule has 12 heteroatoms. The summed E-state index contributed by atoms with van der Waals surface area (Å²) in [6, 6.07) is 0. The first-order valence-electron chi connectivity index (χ1n) is 11.1. The van der Waals surface area contributed by atoms with Crippen LogP contribution in [0.15, 0.2) is 0 Å². The van der Waals surface area contributed by atoms with Gasteiger partial charge in [-0.05, 0) is 25.7 Å². The second-order valence-electron chi connectivity index (χ2n) is 7.87. The van der Waals surface area contributed by atoms with E-state index in [1.807, 2.05) is 13.8 Å². The number of ether oxygens (including phenoxy) is 2. The Balaban J connectivity index is 5.11. The van der Waals surface area contributed by atoms with E-state index in [1.54, 1.807) is 13.8 Å². The lowest BCUT2D eigenvalue weighted by Gasteiger charge is -2.24. The molecule has 0 heterocycles. The molecule has 0 aromatic heterocycles. The fraction of sp³-hybridized carbons (Fsp3) is 0.900. The topological polar surface area (TPSA) is 161 Å². The van der Waals surface area contributed by atoms with Crippen LogP contribution in [0.1, 0.15) is 91.9 Å². The van der Waals surface area contributed by atoms with Gasteiger partial charge in [0, 0.05) is 11.8 Å². The van der Waals surface area contributed by atoms with Gasteiger partial charge < -0.3 is 9.47 Å². The predicted molar refractivity (Wildman–Crippen MR) is 119 cm³/mol. The van der Waals surface area contributed by atoms with Crippen molar-refractivity contribution in [1.82, 2.24) is 0 Å². The lowest BCUT2D eigenvalue weighted by atomic mass is 10.00. The Morgan fingerprint density at radius 2 is 1.00 bits per heavy atom. The molecule has 190 valence electrons. The van der Waals surface area contributed by atoms with Gasteiger partial charge >= 0.3 is 32.2 Å². The molecule has 0 aliphatic heterocycles. The molecule has 0 radical (unpaired) electrons. The molecular formula is C20H38O10S2. The lowest BCUT2D eigenvalue weighted by molar-refractivity contribution is -0.154. The summed E-state index contributed by atoms with van der Waals surface area (Å²) >= 11 is 0. The number of carbonyl (C=O) groups excluding carboxylic acids is 2. The van der Waals surface area contributed by atoms with Crippen LogP contribution in [-0.2, 0) is 39.3 Å². The van der Waals surface area contributed by atoms with Crippen LogP contribution in [0.25, 0.3) is 0 Å². The van der Waals surface area contributed by atoms with Crippen LogP contribution in [0.4, 0.5) is 0 Å². The summed E-state index contributed by atoms with van der Waals surface area (Å²) < 4.78 is 75.7. The summed E-state index contributed by atoms with van der Waals surface area (Å²) in [5.41, 5.74) is -3.49. The zero-order valence-electron chi connectivity index (χ0n) is 19.4. The van der Waals surface area contributed by atoms with E-state index in [0.29, 0.717) is 38.5 Å². The fourth-order valence-corrected chi connectivity index (χ4v) is 5.47. The van der Waals surface area contributed by atoms with Gasteiger partial charge in [0.15, 0.2) is 0 Å². The highest BCUT2D eigenvalue weighted by atomic mass is 32.2. The van der Waals surface area contributed by atoms with E-state index in [1.165, 1.54) is 0 Å². The van der Waals surface area contributed by atoms with Gasteiger partial charge in [0.05, 0.1) is 12.8 Å². The van der Waals surface area contributed by atoms with Crippen molar-refractivity contribution in [2.24, 2.45) is 11.8 Å². The van der Waals surface area contributed by atoms with Crippen molar-refractivity contribution in [2.45, 2.75) is 103 Å². The van der Waals surface area contributed by atoms with E-state index in [2.05, 4.69) is 0 Å². The van der Waals surface area contributed by atoms with Gasteiger partial charge in [-0.3, -0.25) is 18.7 Å². The lowest BCUT2D eigenvalue weighted by Crippen LogP contribution is -2.35. The number of rotatable bonds is 17. The van der Waals surface area contributed by atoms with Crippen LogP contribution in [0.3, 0.4) is 0 Å². The van der Waals surface area contributed by atoms with Gasteiger partial charge in [-0.15, -0.1) is 0 Å². The number of esters is 2. The zero-order valence-corrected chi connectivity index (χ0v) is 21.0. The SMILES string of the molecule is CCCCC(CC)C(OC(=O)CCC(=O)OC(C(CC)CCCC)S(=O)(=O)O)S(=O)(=O)O. The first kappa shape index (κ1) is 30.8. The molecule has 0 aliphatic carbocycles. The van der Waals surface area contributed by atoms with Crippen LogP contribution in [0.5, 0.6) is 0 Å². The summed E-state index contributed by atoms with van der Waals surface area (Å²) in [5, 5.41) is 0. The Morgan fingerprint density at radius 3 is 1.22 bits per heavy atom. The van der Waals surface area contributed by atoms with E-state index in [-0.39, 0.29) is 0 Å². The van der Waals surface area contributed by atoms with Crippen LogP contribution in [-0.4, -0.2) is 48.8 Å². The largest absolute Gasteiger partial charge is 0.443 e. The Morgan fingerprint density at radius 1 is 0.688 bits per heavy atom. The van der Waals surface area contributed by atoms with Gasteiger partial charge in [-0.1, -0.05) is 53.4 Å². The molecule has 32 heavy (non-hydrogen) atoms. The minimum absolute atomic E-state index is 0.353. The summed E-state index contributed by atoms with van der Waals surface area (Å²) in [6.45, 7) is 7.25. The molecule has 0 spiro atoms. The maximum atomic E-state index is 12.1. The molecule has 0 saturated carbocycles. The fourth-order valence-electron chi connectivity index (χ4n) is 3.38. The minimum atomic E-state index is -4.67. The highest BCUT2D eigenvalue weighted by Gasteiger charge is 2.36. The minimum Gasteiger partial charge on any atom is -0.443 e. The number of hydrogen-bond acceptors (Lipinski definition) is 8. The number of unbranched alkanes of at least 4 members (excludes halogenated alkanes) is 2. The van der Waals surface area contributed by atoms with Crippen molar-refractivity contribution in [3.8, 4) is 0 Å². The molecule has 0 saturated heterocycles. The van der Waals surface area contributed by atoms with E-state index in [9.17, 15) is 35.5 Å². The van der Waals surface area contributed by atoms with Crippen molar-refractivity contribution in [1.29, 1.82) is 0 Å². The molecule has 0 amide bonds. The summed E-state index contributed by atoms with van der Waals surface area (Å²) in [4.78, 5) is 24.3. The zero-order chi connectivity index (χ0) is 24.9. The van der Waals surface area contributed by atoms with E-state index in [4.69, 9.17) is 9.47 Å². The molecule has 0 aromatic rings. The summed E-state index contributed by atoms with van der Waals surface area (Å²) in [6.07, 6.45) is 3.37. The Labute approximate surface area is 191 Å². The molecule has 0 aromatic carbocycles. The quantitative estimate of drug-likeness (QED) is 0.221. The average molecular weight is 503 g/mol. The van der Waals surface area contributed by atoms with Gasteiger partial charge in [0.2, 0.25) is 10.9 Å². The van der Waals surface area contributed by atoms with Gasteiger partial charge in [-0.25, -0.2) is 0 Å². The predicted octanol–water partition coefficient (Wildman–Crippen LogP) is 3.71. The van der Waals surface area contributed by atoms with Gasteiger partial charge in [-0.2, -0.15) is 16.8 Å². The van der Waals surface area contributed by atoms with Crippen LogP contribution in [0.2, 0.25) is 0 Å². The van der Waals surface area contributed by atoms with Crippen LogP contribution < -0.4 is 0 Å². The monoisotopic (exact) mass is 502 g/mol. The highest BCUT2D eigenvalue weighted by molar-refractivity contribution is 7.86. The van der Waals surface area contributed by atoms with Crippen LogP contribution in [0, 0.1) is 11.8 Å². The molecular weight excluding hydrogens is 464 g/mol. The second-order valence-corrected chi connectivity index (χ2v) is 10.9. The Bertz CT molecular complexity index is 710. The molecule has 10 nitrogen and oxygen atoms in total. The molecule has 0 aliphatic rings. The first-order chi connectivity index (χ1) is 14.8. The molecule has 0 rings (SSSR count). The number of carbonyl (C=O) groups is 2. The van der Waals surface area contributed by atoms with E-state index < -0.39 is 67.7 Å². The van der Waals surface area contributed by atoms with Crippen LogP contribution >= 0.6 is 0 Å². The standard InChI is InChI=1S/C20H38O10S2/c1-5-9-11-15(7-3)19(31(23,24)25)29-17(21)13-14-18(22)30-20(32(26,27)28)16(8-4)12-10-6-2/h15-16,19-20H,5-14H2,1-4H3,(H,23,24,25)(H,26,27,28). The number of hydrogen-bond donors (Lipinski definition) is 2. The van der Waals surface area contributed by atoms with E-state index >= 15 is 0 Å². The van der Waals surface area contributed by atoms with Gasteiger partial charge in [0.25, 0.3) is 0 Å². The normalized spacial score (nSPS) is 16.1. The van der Waals surface area contributed by atoms with Crippen molar-refractivity contribution >= 4 is 32.2 Å². The third-order valence-corrected chi connectivity index (χ3v) is 7.43. The first-order valence-corrected chi connectivity index (χ1v) is 14.1. The second kappa shape index (κ2) is 14.8. The van der Waals surface area contributed by atoms with Crippen molar-refractivity contribution in [3.05, 3.63) is 0 Å². The third kappa shape index (κ3) is 11.6. The molecule has 4 atom stereocenters. The van der Waals surface area contributed by atoms with Crippen molar-refractivity contribution in [3.63, 3.8) is 0 Å². The smallest absolute Gasteiger partial charge is 0.307 e. The highest BCUT2D eigenvalue weighted by Crippen LogP contribution is 2.25.